The van der Waals surface area contributed by atoms with Crippen LogP contribution in [0.15, 0.2) is 46.9 Å². The summed E-state index contributed by atoms with van der Waals surface area (Å²) in [7, 11) is 0. The Morgan fingerprint density at radius 3 is 2.55 bits per heavy atom. The number of rotatable bonds is 9. The first-order valence-electron chi connectivity index (χ1n) is 9.21. The number of hydrogen-bond acceptors (Lipinski definition) is 3. The van der Waals surface area contributed by atoms with E-state index >= 15 is 0 Å². The number of carbonyl (C=O) groups excluding carboxylic acids is 2. The summed E-state index contributed by atoms with van der Waals surface area (Å²) in [6.45, 7) is 4.03. The van der Waals surface area contributed by atoms with E-state index in [1.807, 2.05) is 6.92 Å². The SMILES string of the molecule is CCCNC(=O)C(C)N(Cc1ccc(F)cc1)C(=O)COc1ccc(Cl)cc1Br. The van der Waals surface area contributed by atoms with Crippen molar-refractivity contribution in [3.63, 3.8) is 0 Å². The van der Waals surface area contributed by atoms with E-state index in [2.05, 4.69) is 21.2 Å². The Morgan fingerprint density at radius 1 is 1.24 bits per heavy atom. The number of amides is 2. The fourth-order valence-electron chi connectivity index (χ4n) is 2.58. The van der Waals surface area contributed by atoms with Gasteiger partial charge in [-0.25, -0.2) is 4.39 Å². The van der Waals surface area contributed by atoms with Crippen molar-refractivity contribution in [1.82, 2.24) is 10.2 Å². The summed E-state index contributed by atoms with van der Waals surface area (Å²) < 4.78 is 19.4. The molecule has 0 aliphatic heterocycles. The second kappa shape index (κ2) is 11.2. The highest BCUT2D eigenvalue weighted by molar-refractivity contribution is 9.10. The maximum Gasteiger partial charge on any atom is 0.261 e. The van der Waals surface area contributed by atoms with Gasteiger partial charge in [0, 0.05) is 18.1 Å². The highest BCUT2D eigenvalue weighted by Crippen LogP contribution is 2.28. The lowest BCUT2D eigenvalue weighted by Crippen LogP contribution is -2.49. The van der Waals surface area contributed by atoms with Crippen molar-refractivity contribution >= 4 is 39.3 Å². The van der Waals surface area contributed by atoms with Crippen LogP contribution in [-0.2, 0) is 16.1 Å². The second-order valence-corrected chi connectivity index (χ2v) is 7.77. The molecule has 2 amide bonds. The molecule has 0 heterocycles. The van der Waals surface area contributed by atoms with Crippen LogP contribution in [0.4, 0.5) is 4.39 Å². The molecule has 0 aromatic heterocycles. The molecule has 29 heavy (non-hydrogen) atoms. The van der Waals surface area contributed by atoms with Crippen LogP contribution >= 0.6 is 27.5 Å². The van der Waals surface area contributed by atoms with E-state index in [0.717, 1.165) is 6.42 Å². The number of ether oxygens (including phenoxy) is 1. The molecule has 0 saturated carbocycles. The normalized spacial score (nSPS) is 11.6. The molecule has 8 heteroatoms. The third-order valence-corrected chi connectivity index (χ3v) is 5.08. The van der Waals surface area contributed by atoms with Gasteiger partial charge in [0.15, 0.2) is 6.61 Å². The maximum absolute atomic E-state index is 13.2. The average Bonchev–Trinajstić information content (AvgIpc) is 2.70. The number of halogens is 3. The molecule has 1 N–H and O–H groups in total. The summed E-state index contributed by atoms with van der Waals surface area (Å²) in [5.74, 6) is -0.519. The first kappa shape index (κ1) is 23.2. The van der Waals surface area contributed by atoms with Crippen LogP contribution in [0, 0.1) is 5.82 Å². The van der Waals surface area contributed by atoms with E-state index in [-0.39, 0.29) is 30.8 Å². The van der Waals surface area contributed by atoms with Crippen LogP contribution in [0.5, 0.6) is 5.75 Å². The third-order valence-electron chi connectivity index (χ3n) is 4.23. The van der Waals surface area contributed by atoms with Gasteiger partial charge in [-0.1, -0.05) is 30.7 Å². The van der Waals surface area contributed by atoms with Gasteiger partial charge >= 0.3 is 0 Å². The van der Waals surface area contributed by atoms with Crippen LogP contribution in [0.1, 0.15) is 25.8 Å². The van der Waals surface area contributed by atoms with E-state index in [4.69, 9.17) is 16.3 Å². The van der Waals surface area contributed by atoms with Gasteiger partial charge in [0.25, 0.3) is 5.91 Å². The van der Waals surface area contributed by atoms with Crippen LogP contribution in [0.2, 0.25) is 5.02 Å². The number of nitrogens with one attached hydrogen (secondary N) is 1. The Balaban J connectivity index is 2.14. The predicted molar refractivity (Wildman–Crippen MR) is 114 cm³/mol. The highest BCUT2D eigenvalue weighted by Gasteiger charge is 2.26. The van der Waals surface area contributed by atoms with Gasteiger partial charge in [-0.05, 0) is 65.2 Å². The fraction of sp³-hybridized carbons (Fsp3) is 0.333. The summed E-state index contributed by atoms with van der Waals surface area (Å²) in [5.41, 5.74) is 0.711. The van der Waals surface area contributed by atoms with Crippen molar-refractivity contribution < 1.29 is 18.7 Å². The standard InChI is InChI=1S/C21H23BrClFN2O3/c1-3-10-25-21(28)14(2)26(12-15-4-7-17(24)8-5-15)20(27)13-29-19-9-6-16(23)11-18(19)22/h4-9,11,14H,3,10,12-13H2,1-2H3,(H,25,28). The van der Waals surface area contributed by atoms with Crippen molar-refractivity contribution in [2.75, 3.05) is 13.2 Å². The molecule has 0 radical (unpaired) electrons. The molecule has 2 aromatic rings. The molecule has 0 aliphatic rings. The topological polar surface area (TPSA) is 58.6 Å². The summed E-state index contributed by atoms with van der Waals surface area (Å²) >= 11 is 9.26. The van der Waals surface area contributed by atoms with Gasteiger partial charge in [0.1, 0.15) is 17.6 Å². The van der Waals surface area contributed by atoms with E-state index in [1.54, 1.807) is 37.3 Å². The first-order valence-corrected chi connectivity index (χ1v) is 10.4. The molecule has 156 valence electrons. The van der Waals surface area contributed by atoms with Crippen LogP contribution < -0.4 is 10.1 Å². The molecule has 0 fully saturated rings. The monoisotopic (exact) mass is 484 g/mol. The van der Waals surface area contributed by atoms with E-state index < -0.39 is 6.04 Å². The second-order valence-electron chi connectivity index (χ2n) is 6.48. The number of hydrogen-bond donors (Lipinski definition) is 1. The van der Waals surface area contributed by atoms with Gasteiger partial charge in [-0.2, -0.15) is 0 Å². The Bertz CT molecular complexity index is 848. The minimum Gasteiger partial charge on any atom is -0.483 e. The zero-order valence-corrected chi connectivity index (χ0v) is 18.6. The van der Waals surface area contributed by atoms with E-state index in [9.17, 15) is 14.0 Å². The van der Waals surface area contributed by atoms with Gasteiger partial charge in [-0.3, -0.25) is 9.59 Å². The lowest BCUT2D eigenvalue weighted by molar-refractivity contribution is -0.142. The molecule has 2 aromatic carbocycles. The van der Waals surface area contributed by atoms with Crippen LogP contribution in [0.25, 0.3) is 0 Å². The maximum atomic E-state index is 13.2. The molecule has 1 atom stereocenters. The zero-order valence-electron chi connectivity index (χ0n) is 16.3. The Labute approximate surface area is 183 Å². The Hall–Kier alpha value is -2.12. The summed E-state index contributed by atoms with van der Waals surface area (Å²) in [6.07, 6.45) is 0.790. The largest absolute Gasteiger partial charge is 0.483 e. The van der Waals surface area contributed by atoms with Crippen molar-refractivity contribution in [2.24, 2.45) is 0 Å². The Kier molecular flexibility index (Phi) is 8.92. The molecular formula is C21H23BrClFN2O3. The molecule has 1 unspecified atom stereocenters. The smallest absolute Gasteiger partial charge is 0.261 e. The first-order chi connectivity index (χ1) is 13.8. The molecule has 2 rings (SSSR count). The van der Waals surface area contributed by atoms with E-state index in [0.29, 0.717) is 27.4 Å². The van der Waals surface area contributed by atoms with Gasteiger partial charge in [-0.15, -0.1) is 0 Å². The van der Waals surface area contributed by atoms with Crippen molar-refractivity contribution in [1.29, 1.82) is 0 Å². The van der Waals surface area contributed by atoms with Gasteiger partial charge in [0.2, 0.25) is 5.91 Å². The highest BCUT2D eigenvalue weighted by atomic mass is 79.9. The molecule has 5 nitrogen and oxygen atoms in total. The van der Waals surface area contributed by atoms with Crippen molar-refractivity contribution in [3.8, 4) is 5.75 Å². The third kappa shape index (κ3) is 7.01. The molecule has 0 saturated heterocycles. The van der Waals surface area contributed by atoms with Crippen molar-refractivity contribution in [2.45, 2.75) is 32.9 Å². The minimum absolute atomic E-state index is 0.158. The number of nitrogens with zero attached hydrogens (tertiary/aromatic N) is 1. The predicted octanol–water partition coefficient (Wildman–Crippen LogP) is 4.56. The summed E-state index contributed by atoms with van der Waals surface area (Å²) in [6, 6.07) is 10.1. The zero-order chi connectivity index (χ0) is 21.4. The average molecular weight is 486 g/mol. The lowest BCUT2D eigenvalue weighted by Gasteiger charge is -2.28. The molecule has 0 bridgehead atoms. The quantitative estimate of drug-likeness (QED) is 0.566. The van der Waals surface area contributed by atoms with E-state index in [1.165, 1.54) is 17.0 Å². The summed E-state index contributed by atoms with van der Waals surface area (Å²) in [4.78, 5) is 26.7. The molecular weight excluding hydrogens is 463 g/mol. The Morgan fingerprint density at radius 2 is 1.93 bits per heavy atom. The van der Waals surface area contributed by atoms with Crippen molar-refractivity contribution in [3.05, 3.63) is 63.3 Å². The van der Waals surface area contributed by atoms with Gasteiger partial charge < -0.3 is 15.0 Å². The minimum atomic E-state index is -0.712. The van der Waals surface area contributed by atoms with Crippen LogP contribution in [0.3, 0.4) is 0 Å². The van der Waals surface area contributed by atoms with Crippen LogP contribution in [-0.4, -0.2) is 35.9 Å². The summed E-state index contributed by atoms with van der Waals surface area (Å²) in [5, 5.41) is 3.33. The number of benzene rings is 2. The van der Waals surface area contributed by atoms with Gasteiger partial charge in [0.05, 0.1) is 4.47 Å². The fourth-order valence-corrected chi connectivity index (χ4v) is 3.38. The lowest BCUT2D eigenvalue weighted by atomic mass is 10.1. The number of carbonyl (C=O) groups is 2. The molecule has 0 spiro atoms. The molecule has 0 aliphatic carbocycles.